The van der Waals surface area contributed by atoms with E-state index in [2.05, 4.69) is 27.1 Å². The molecular formula is C23H20N6O2. The maximum absolute atomic E-state index is 12.2. The molecule has 31 heavy (non-hydrogen) atoms. The average molecular weight is 412 g/mol. The molecule has 2 amide bonds. The van der Waals surface area contributed by atoms with Gasteiger partial charge in [0.1, 0.15) is 5.69 Å². The second-order valence-electron chi connectivity index (χ2n) is 7.59. The number of anilines is 2. The van der Waals surface area contributed by atoms with Crippen molar-refractivity contribution in [3.63, 3.8) is 0 Å². The molecular weight excluding hydrogens is 392 g/mol. The predicted octanol–water partition coefficient (Wildman–Crippen LogP) is 1.27. The van der Waals surface area contributed by atoms with E-state index >= 15 is 0 Å². The highest BCUT2D eigenvalue weighted by Crippen LogP contribution is 2.29. The maximum atomic E-state index is 12.2. The number of aromatic nitrogens is 3. The van der Waals surface area contributed by atoms with Crippen LogP contribution in [-0.2, 0) is 24.7 Å². The Labute approximate surface area is 179 Å². The summed E-state index contributed by atoms with van der Waals surface area (Å²) < 4.78 is 1.98. The van der Waals surface area contributed by atoms with E-state index in [0.717, 1.165) is 47.5 Å². The van der Waals surface area contributed by atoms with Gasteiger partial charge < -0.3 is 20.5 Å². The number of nitrogen functional groups attached to an aromatic ring is 1. The zero-order valence-corrected chi connectivity index (χ0v) is 17.0. The van der Waals surface area contributed by atoms with E-state index in [1.807, 2.05) is 35.9 Å². The third-order valence-electron chi connectivity index (χ3n) is 5.78. The standard InChI is InChI=1S/C23H20N6O2/c1-28-19-6-8-25-22(31)17(19)11-20(28)21-16(12-26-23(24)27-21)4-2-14-3-5-18-15(10-14)7-9-29(18)13-30/h3,5,10-13H,6-9H2,1H3,(H,25,31)(H2,24,26,27). The topological polar surface area (TPSA) is 106 Å². The number of rotatable bonds is 2. The molecule has 2 aliphatic rings. The molecule has 154 valence electrons. The van der Waals surface area contributed by atoms with Crippen molar-refractivity contribution >= 4 is 24.0 Å². The fourth-order valence-corrected chi connectivity index (χ4v) is 4.20. The van der Waals surface area contributed by atoms with Crippen LogP contribution in [0.3, 0.4) is 0 Å². The first-order valence-electron chi connectivity index (χ1n) is 10.0. The van der Waals surface area contributed by atoms with Crippen molar-refractivity contribution in [3.05, 3.63) is 58.4 Å². The van der Waals surface area contributed by atoms with E-state index in [1.165, 1.54) is 0 Å². The first-order chi connectivity index (χ1) is 15.0. The Bertz CT molecular complexity index is 1300. The van der Waals surface area contributed by atoms with E-state index in [0.29, 0.717) is 29.9 Å². The van der Waals surface area contributed by atoms with Crippen molar-refractivity contribution in [2.24, 2.45) is 7.05 Å². The van der Waals surface area contributed by atoms with Crippen LogP contribution < -0.4 is 16.0 Å². The summed E-state index contributed by atoms with van der Waals surface area (Å²) in [5.41, 5.74) is 12.4. The summed E-state index contributed by atoms with van der Waals surface area (Å²) in [6, 6.07) is 7.66. The van der Waals surface area contributed by atoms with Crippen LogP contribution in [0, 0.1) is 11.8 Å². The molecule has 8 heteroatoms. The van der Waals surface area contributed by atoms with E-state index in [-0.39, 0.29) is 11.9 Å². The van der Waals surface area contributed by atoms with Gasteiger partial charge in [0.15, 0.2) is 0 Å². The molecule has 0 saturated heterocycles. The number of fused-ring (bicyclic) bond motifs is 2. The third kappa shape index (κ3) is 3.20. The first kappa shape index (κ1) is 18.9. The molecule has 4 heterocycles. The van der Waals surface area contributed by atoms with Crippen LogP contribution in [0.4, 0.5) is 11.6 Å². The Kier molecular flexibility index (Phi) is 4.44. The summed E-state index contributed by atoms with van der Waals surface area (Å²) >= 11 is 0. The number of nitrogens with zero attached hydrogens (tertiary/aromatic N) is 4. The zero-order chi connectivity index (χ0) is 21.5. The normalized spacial score (nSPS) is 14.4. The van der Waals surface area contributed by atoms with Crippen LogP contribution in [0.2, 0.25) is 0 Å². The van der Waals surface area contributed by atoms with Crippen molar-refractivity contribution in [1.82, 2.24) is 19.9 Å². The van der Waals surface area contributed by atoms with Gasteiger partial charge >= 0.3 is 0 Å². The SMILES string of the molecule is Cn1c(-c2nc(N)ncc2C#Cc2ccc3c(c2)CCN3C=O)cc2c1CCNC2=O. The third-order valence-corrected chi connectivity index (χ3v) is 5.78. The average Bonchev–Trinajstić information content (AvgIpc) is 3.34. The fraction of sp³-hybridized carbons (Fsp3) is 0.217. The molecule has 2 aliphatic heterocycles. The number of benzene rings is 1. The number of hydrogen-bond donors (Lipinski definition) is 2. The molecule has 0 atom stereocenters. The van der Waals surface area contributed by atoms with Gasteiger partial charge in [-0.3, -0.25) is 9.59 Å². The summed E-state index contributed by atoms with van der Waals surface area (Å²) in [6.07, 6.45) is 4.04. The molecule has 0 spiro atoms. The van der Waals surface area contributed by atoms with Crippen LogP contribution in [0.5, 0.6) is 0 Å². The van der Waals surface area contributed by atoms with Crippen LogP contribution >= 0.6 is 0 Å². The molecule has 8 nitrogen and oxygen atoms in total. The van der Waals surface area contributed by atoms with Crippen LogP contribution in [0.25, 0.3) is 11.4 Å². The largest absolute Gasteiger partial charge is 0.368 e. The van der Waals surface area contributed by atoms with Gasteiger partial charge in [0.2, 0.25) is 12.4 Å². The van der Waals surface area contributed by atoms with E-state index in [9.17, 15) is 9.59 Å². The molecule has 0 bridgehead atoms. The number of hydrogen-bond acceptors (Lipinski definition) is 5. The lowest BCUT2D eigenvalue weighted by atomic mass is 10.1. The number of nitrogens with one attached hydrogen (secondary N) is 1. The highest BCUT2D eigenvalue weighted by Gasteiger charge is 2.24. The highest BCUT2D eigenvalue weighted by molar-refractivity contribution is 5.98. The second-order valence-corrected chi connectivity index (χ2v) is 7.59. The molecule has 3 N–H and O–H groups in total. The number of carbonyl (C=O) groups is 2. The molecule has 0 fully saturated rings. The fourth-order valence-electron chi connectivity index (χ4n) is 4.20. The Morgan fingerprint density at radius 1 is 1.23 bits per heavy atom. The quantitative estimate of drug-likeness (QED) is 0.487. The summed E-state index contributed by atoms with van der Waals surface area (Å²) in [6.45, 7) is 1.30. The summed E-state index contributed by atoms with van der Waals surface area (Å²) in [5, 5.41) is 2.87. The maximum Gasteiger partial charge on any atom is 0.253 e. The minimum atomic E-state index is -0.0831. The molecule has 1 aromatic carbocycles. The van der Waals surface area contributed by atoms with E-state index in [4.69, 9.17) is 5.73 Å². The van der Waals surface area contributed by atoms with E-state index in [1.54, 1.807) is 11.1 Å². The molecule has 2 aromatic heterocycles. The highest BCUT2D eigenvalue weighted by atomic mass is 16.1. The van der Waals surface area contributed by atoms with Gasteiger partial charge in [-0.2, -0.15) is 0 Å². The van der Waals surface area contributed by atoms with Crippen molar-refractivity contribution < 1.29 is 9.59 Å². The second kappa shape index (κ2) is 7.29. The zero-order valence-electron chi connectivity index (χ0n) is 17.0. The van der Waals surface area contributed by atoms with Crippen LogP contribution in [0.1, 0.15) is 32.7 Å². The molecule has 0 radical (unpaired) electrons. The van der Waals surface area contributed by atoms with Gasteiger partial charge in [-0.05, 0) is 36.2 Å². The van der Waals surface area contributed by atoms with Gasteiger partial charge in [0, 0.05) is 49.7 Å². The van der Waals surface area contributed by atoms with Gasteiger partial charge in [0.05, 0.1) is 16.8 Å². The first-order valence-corrected chi connectivity index (χ1v) is 10.0. The minimum Gasteiger partial charge on any atom is -0.368 e. The predicted molar refractivity (Wildman–Crippen MR) is 116 cm³/mol. The Balaban J connectivity index is 1.56. The smallest absolute Gasteiger partial charge is 0.253 e. The van der Waals surface area contributed by atoms with Gasteiger partial charge in [-0.15, -0.1) is 0 Å². The molecule has 0 aliphatic carbocycles. The Hall–Kier alpha value is -4.12. The van der Waals surface area contributed by atoms with E-state index < -0.39 is 0 Å². The van der Waals surface area contributed by atoms with Crippen LogP contribution in [0.15, 0.2) is 30.5 Å². The van der Waals surface area contributed by atoms with Gasteiger partial charge in [0.25, 0.3) is 5.91 Å². The van der Waals surface area contributed by atoms with Gasteiger partial charge in [-0.25, -0.2) is 9.97 Å². The van der Waals surface area contributed by atoms with Crippen molar-refractivity contribution in [2.75, 3.05) is 23.7 Å². The number of amides is 2. The summed E-state index contributed by atoms with van der Waals surface area (Å²) in [5.74, 6) is 6.41. The van der Waals surface area contributed by atoms with Crippen molar-refractivity contribution in [2.45, 2.75) is 12.8 Å². The van der Waals surface area contributed by atoms with Crippen molar-refractivity contribution in [3.8, 4) is 23.2 Å². The molecule has 0 unspecified atom stereocenters. The Morgan fingerprint density at radius 3 is 2.90 bits per heavy atom. The van der Waals surface area contributed by atoms with Crippen LogP contribution in [-0.4, -0.2) is 39.9 Å². The summed E-state index contributed by atoms with van der Waals surface area (Å²) in [7, 11) is 1.92. The molecule has 3 aromatic rings. The number of carbonyl (C=O) groups excluding carboxylic acids is 2. The lowest BCUT2D eigenvalue weighted by Crippen LogP contribution is -2.31. The lowest BCUT2D eigenvalue weighted by Gasteiger charge is -2.14. The number of nitrogens with two attached hydrogens (primary N) is 1. The lowest BCUT2D eigenvalue weighted by molar-refractivity contribution is -0.107. The summed E-state index contributed by atoms with van der Waals surface area (Å²) in [4.78, 5) is 33.6. The molecule has 5 rings (SSSR count). The van der Waals surface area contributed by atoms with Gasteiger partial charge in [-0.1, -0.05) is 11.8 Å². The Morgan fingerprint density at radius 2 is 2.10 bits per heavy atom. The monoisotopic (exact) mass is 412 g/mol. The minimum absolute atomic E-state index is 0.0831. The molecule has 0 saturated carbocycles. The van der Waals surface area contributed by atoms with Crippen molar-refractivity contribution in [1.29, 1.82) is 0 Å².